The van der Waals surface area contributed by atoms with Crippen molar-refractivity contribution in [2.45, 2.75) is 13.5 Å². The topological polar surface area (TPSA) is 45.5 Å². The third kappa shape index (κ3) is 2.03. The second-order valence-corrected chi connectivity index (χ2v) is 4.46. The summed E-state index contributed by atoms with van der Waals surface area (Å²) in [6.07, 6.45) is 3.83. The van der Waals surface area contributed by atoms with Crippen LogP contribution in [0.5, 0.6) is 0 Å². The summed E-state index contributed by atoms with van der Waals surface area (Å²) in [7, 11) is 0. The summed E-state index contributed by atoms with van der Waals surface area (Å²) in [4.78, 5) is 11.2. The maximum absolute atomic E-state index is 4.49. The fraction of sp³-hybridized carbons (Fsp3) is 0.500. The quantitative estimate of drug-likeness (QED) is 0.815. The third-order valence-corrected chi connectivity index (χ3v) is 3.29. The molecular weight excluding hydrogens is 214 g/mol. The standard InChI is InChI=1S/C12H17N5/c1-10-11(9-16-7-4-13-5-8-16)17-6-2-3-14-12(17)15-10/h2-3,6,13H,4-5,7-9H2,1H3. The zero-order chi connectivity index (χ0) is 11.7. The predicted octanol–water partition coefficient (Wildman–Crippen LogP) is 0.443. The van der Waals surface area contributed by atoms with Crippen LogP contribution in [0, 0.1) is 6.92 Å². The highest BCUT2D eigenvalue weighted by atomic mass is 15.2. The molecule has 17 heavy (non-hydrogen) atoms. The van der Waals surface area contributed by atoms with E-state index in [2.05, 4.69) is 31.5 Å². The maximum atomic E-state index is 4.49. The Morgan fingerprint density at radius 1 is 1.35 bits per heavy atom. The van der Waals surface area contributed by atoms with Crippen LogP contribution in [0.1, 0.15) is 11.4 Å². The van der Waals surface area contributed by atoms with Gasteiger partial charge in [0.05, 0.1) is 11.4 Å². The minimum absolute atomic E-state index is 0.801. The van der Waals surface area contributed by atoms with Crippen molar-refractivity contribution in [2.24, 2.45) is 0 Å². The summed E-state index contributed by atoms with van der Waals surface area (Å²) in [6.45, 7) is 7.38. The summed E-state index contributed by atoms with van der Waals surface area (Å²) in [5.74, 6) is 0.801. The Labute approximate surface area is 100 Å². The van der Waals surface area contributed by atoms with Crippen LogP contribution in [0.2, 0.25) is 0 Å². The summed E-state index contributed by atoms with van der Waals surface area (Å²) in [5.41, 5.74) is 2.34. The molecule has 0 saturated carbocycles. The van der Waals surface area contributed by atoms with E-state index < -0.39 is 0 Å². The normalized spacial score (nSPS) is 17.7. The Bertz CT molecular complexity index is 513. The molecule has 0 aromatic carbocycles. The zero-order valence-corrected chi connectivity index (χ0v) is 10.1. The largest absolute Gasteiger partial charge is 0.314 e. The van der Waals surface area contributed by atoms with Gasteiger partial charge in [-0.3, -0.25) is 9.30 Å². The molecule has 0 bridgehead atoms. The molecule has 1 fully saturated rings. The van der Waals surface area contributed by atoms with Gasteiger partial charge in [-0.25, -0.2) is 9.97 Å². The van der Waals surface area contributed by atoms with E-state index >= 15 is 0 Å². The van der Waals surface area contributed by atoms with E-state index in [1.807, 2.05) is 12.3 Å². The van der Waals surface area contributed by atoms with Crippen LogP contribution in [0.3, 0.4) is 0 Å². The lowest BCUT2D eigenvalue weighted by atomic mass is 10.3. The average molecular weight is 231 g/mol. The highest BCUT2D eigenvalue weighted by Gasteiger charge is 2.15. The van der Waals surface area contributed by atoms with Gasteiger partial charge >= 0.3 is 0 Å². The van der Waals surface area contributed by atoms with Gasteiger partial charge in [0.1, 0.15) is 0 Å². The molecule has 2 aromatic rings. The van der Waals surface area contributed by atoms with Gasteiger partial charge in [0.15, 0.2) is 0 Å². The van der Waals surface area contributed by atoms with Crippen molar-refractivity contribution >= 4 is 5.78 Å². The number of nitrogens with zero attached hydrogens (tertiary/aromatic N) is 4. The molecule has 5 nitrogen and oxygen atoms in total. The number of nitrogens with one attached hydrogen (secondary N) is 1. The van der Waals surface area contributed by atoms with Crippen molar-refractivity contribution < 1.29 is 0 Å². The van der Waals surface area contributed by atoms with Gasteiger partial charge in [-0.05, 0) is 13.0 Å². The number of hydrogen-bond acceptors (Lipinski definition) is 4. The first kappa shape index (κ1) is 10.7. The number of aryl methyl sites for hydroxylation is 1. The van der Waals surface area contributed by atoms with Gasteiger partial charge < -0.3 is 5.32 Å². The number of hydrogen-bond donors (Lipinski definition) is 1. The molecule has 2 aromatic heterocycles. The first-order valence-corrected chi connectivity index (χ1v) is 6.06. The fourth-order valence-corrected chi connectivity index (χ4v) is 2.32. The van der Waals surface area contributed by atoms with Crippen molar-refractivity contribution in [3.05, 3.63) is 29.8 Å². The molecule has 3 rings (SSSR count). The second-order valence-electron chi connectivity index (χ2n) is 4.46. The van der Waals surface area contributed by atoms with Crippen molar-refractivity contribution in [1.82, 2.24) is 24.6 Å². The number of rotatable bonds is 2. The Hall–Kier alpha value is -1.46. The Morgan fingerprint density at radius 2 is 2.18 bits per heavy atom. The van der Waals surface area contributed by atoms with E-state index in [-0.39, 0.29) is 0 Å². The molecule has 1 aliphatic rings. The Kier molecular flexibility index (Phi) is 2.78. The van der Waals surface area contributed by atoms with Crippen LogP contribution in [0.25, 0.3) is 5.78 Å². The predicted molar refractivity (Wildman–Crippen MR) is 65.9 cm³/mol. The molecule has 0 spiro atoms. The van der Waals surface area contributed by atoms with Crippen LogP contribution < -0.4 is 5.32 Å². The van der Waals surface area contributed by atoms with E-state index in [0.717, 1.165) is 44.2 Å². The average Bonchev–Trinajstić information content (AvgIpc) is 2.68. The van der Waals surface area contributed by atoms with E-state index in [1.54, 1.807) is 6.20 Å². The molecule has 90 valence electrons. The van der Waals surface area contributed by atoms with Gasteiger partial charge in [-0.15, -0.1) is 0 Å². The number of aromatic nitrogens is 3. The highest BCUT2D eigenvalue weighted by Crippen LogP contribution is 2.12. The lowest BCUT2D eigenvalue weighted by Gasteiger charge is -2.27. The van der Waals surface area contributed by atoms with Crippen molar-refractivity contribution in [1.29, 1.82) is 0 Å². The summed E-state index contributed by atoms with van der Waals surface area (Å²) < 4.78 is 2.09. The molecule has 0 amide bonds. The van der Waals surface area contributed by atoms with Gasteiger partial charge in [-0.1, -0.05) is 0 Å². The maximum Gasteiger partial charge on any atom is 0.234 e. The van der Waals surface area contributed by atoms with Gasteiger partial charge in [0.2, 0.25) is 5.78 Å². The Morgan fingerprint density at radius 3 is 3.00 bits per heavy atom. The minimum atomic E-state index is 0.801. The van der Waals surface area contributed by atoms with Gasteiger partial charge in [-0.2, -0.15) is 0 Å². The highest BCUT2D eigenvalue weighted by molar-refractivity contribution is 5.34. The van der Waals surface area contributed by atoms with Crippen LogP contribution in [-0.4, -0.2) is 45.4 Å². The first-order valence-electron chi connectivity index (χ1n) is 6.06. The van der Waals surface area contributed by atoms with Crippen LogP contribution in [0.4, 0.5) is 0 Å². The van der Waals surface area contributed by atoms with Crippen LogP contribution >= 0.6 is 0 Å². The van der Waals surface area contributed by atoms with Crippen LogP contribution in [-0.2, 0) is 6.54 Å². The van der Waals surface area contributed by atoms with Gasteiger partial charge in [0.25, 0.3) is 0 Å². The van der Waals surface area contributed by atoms with Gasteiger partial charge in [0, 0.05) is 45.1 Å². The summed E-state index contributed by atoms with van der Waals surface area (Å²) >= 11 is 0. The summed E-state index contributed by atoms with van der Waals surface area (Å²) in [5, 5.41) is 3.37. The molecule has 0 radical (unpaired) electrons. The van der Waals surface area contributed by atoms with Crippen molar-refractivity contribution in [3.8, 4) is 0 Å². The summed E-state index contributed by atoms with van der Waals surface area (Å²) in [6, 6.07) is 1.95. The lowest BCUT2D eigenvalue weighted by molar-refractivity contribution is 0.229. The molecular formula is C12H17N5. The second kappa shape index (κ2) is 4.43. The molecule has 1 aliphatic heterocycles. The van der Waals surface area contributed by atoms with Crippen molar-refractivity contribution in [2.75, 3.05) is 26.2 Å². The number of fused-ring (bicyclic) bond motifs is 1. The monoisotopic (exact) mass is 231 g/mol. The molecule has 0 aliphatic carbocycles. The van der Waals surface area contributed by atoms with Crippen molar-refractivity contribution in [3.63, 3.8) is 0 Å². The molecule has 0 atom stereocenters. The fourth-order valence-electron chi connectivity index (χ4n) is 2.32. The molecule has 3 heterocycles. The van der Waals surface area contributed by atoms with E-state index in [1.165, 1.54) is 5.69 Å². The number of piperazine rings is 1. The molecule has 1 saturated heterocycles. The van der Waals surface area contributed by atoms with E-state index in [0.29, 0.717) is 0 Å². The molecule has 0 unspecified atom stereocenters. The molecule has 1 N–H and O–H groups in total. The van der Waals surface area contributed by atoms with Crippen LogP contribution in [0.15, 0.2) is 18.5 Å². The zero-order valence-electron chi connectivity index (χ0n) is 10.1. The SMILES string of the molecule is Cc1nc2ncccn2c1CN1CCNCC1. The lowest BCUT2D eigenvalue weighted by Crippen LogP contribution is -2.43. The Balaban J connectivity index is 1.90. The van der Waals surface area contributed by atoms with E-state index in [9.17, 15) is 0 Å². The third-order valence-electron chi connectivity index (χ3n) is 3.29. The number of imidazole rings is 1. The minimum Gasteiger partial charge on any atom is -0.314 e. The smallest absolute Gasteiger partial charge is 0.234 e. The molecule has 5 heteroatoms. The first-order chi connectivity index (χ1) is 8.34. The van der Waals surface area contributed by atoms with E-state index in [4.69, 9.17) is 0 Å².